The van der Waals surface area contributed by atoms with Crippen LogP contribution in [0, 0.1) is 0 Å². The van der Waals surface area contributed by atoms with Crippen LogP contribution in [0.25, 0.3) is 11.5 Å². The number of likely N-dealkylation sites (tertiary alicyclic amines) is 1. The summed E-state index contributed by atoms with van der Waals surface area (Å²) in [6.07, 6.45) is 3.15. The van der Waals surface area contributed by atoms with E-state index in [-0.39, 0.29) is 18.1 Å². The highest BCUT2D eigenvalue weighted by molar-refractivity contribution is 5.90. The van der Waals surface area contributed by atoms with Crippen LogP contribution < -0.4 is 10.6 Å². The van der Waals surface area contributed by atoms with E-state index in [1.165, 1.54) is 12.8 Å². The molecule has 2 atom stereocenters. The fourth-order valence-electron chi connectivity index (χ4n) is 3.69. The first-order chi connectivity index (χ1) is 13.2. The average molecular weight is 371 g/mol. The number of carbonyl (C=O) groups is 1. The molecule has 0 unspecified atom stereocenters. The molecule has 27 heavy (non-hydrogen) atoms. The molecular formula is C19H25N5O3. The molecule has 144 valence electrons. The number of aryl methyl sites for hydroxylation is 1. The van der Waals surface area contributed by atoms with E-state index < -0.39 is 0 Å². The minimum atomic E-state index is -0.230. The van der Waals surface area contributed by atoms with Gasteiger partial charge in [-0.25, -0.2) is 4.79 Å². The molecule has 0 radical (unpaired) electrons. The molecule has 0 spiro atoms. The molecule has 2 aliphatic rings. The van der Waals surface area contributed by atoms with Crippen LogP contribution in [0.3, 0.4) is 0 Å². The quantitative estimate of drug-likeness (QED) is 0.838. The fourth-order valence-corrected chi connectivity index (χ4v) is 3.69. The molecule has 2 aromatic rings. The minimum absolute atomic E-state index is 0.00864. The minimum Gasteiger partial charge on any atom is -0.378 e. The maximum atomic E-state index is 12.5. The number of nitrogens with one attached hydrogen (secondary N) is 2. The van der Waals surface area contributed by atoms with Gasteiger partial charge in [-0.1, -0.05) is 18.1 Å². The molecule has 0 saturated carbocycles. The number of rotatable bonds is 5. The Balaban J connectivity index is 1.38. The maximum Gasteiger partial charge on any atom is 0.319 e. The summed E-state index contributed by atoms with van der Waals surface area (Å²) in [7, 11) is 0. The summed E-state index contributed by atoms with van der Waals surface area (Å²) in [4.78, 5) is 19.2. The van der Waals surface area contributed by atoms with Gasteiger partial charge in [-0.05, 0) is 44.1 Å². The normalized spacial score (nSPS) is 22.9. The number of hydrogen-bond acceptors (Lipinski definition) is 6. The van der Waals surface area contributed by atoms with Gasteiger partial charge in [0.25, 0.3) is 5.89 Å². The average Bonchev–Trinajstić information content (AvgIpc) is 3.42. The Bertz CT molecular complexity index is 787. The van der Waals surface area contributed by atoms with Gasteiger partial charge in [-0.2, -0.15) is 4.98 Å². The molecule has 4 rings (SSSR count). The van der Waals surface area contributed by atoms with E-state index in [1.54, 1.807) is 0 Å². The van der Waals surface area contributed by atoms with Crippen molar-refractivity contribution in [2.24, 2.45) is 0 Å². The molecule has 2 N–H and O–H groups in total. The van der Waals surface area contributed by atoms with E-state index in [9.17, 15) is 4.79 Å². The molecule has 1 aromatic carbocycles. The first-order valence-electron chi connectivity index (χ1n) is 9.55. The second kappa shape index (κ2) is 8.06. The summed E-state index contributed by atoms with van der Waals surface area (Å²) in [6, 6.07) is 7.44. The molecule has 1 aromatic heterocycles. The summed E-state index contributed by atoms with van der Waals surface area (Å²) in [5.41, 5.74) is 1.46. The smallest absolute Gasteiger partial charge is 0.319 e. The van der Waals surface area contributed by atoms with E-state index in [2.05, 4.69) is 25.7 Å². The maximum absolute atomic E-state index is 12.5. The van der Waals surface area contributed by atoms with Gasteiger partial charge in [-0.15, -0.1) is 0 Å². The number of hydrogen-bond donors (Lipinski definition) is 2. The number of anilines is 1. The highest BCUT2D eigenvalue weighted by Gasteiger charge is 2.35. The second-order valence-corrected chi connectivity index (χ2v) is 7.00. The second-order valence-electron chi connectivity index (χ2n) is 7.00. The van der Waals surface area contributed by atoms with Crippen LogP contribution in [0.1, 0.15) is 25.6 Å². The molecule has 2 saturated heterocycles. The van der Waals surface area contributed by atoms with Gasteiger partial charge in [0.15, 0.2) is 5.82 Å². The number of amides is 2. The predicted molar refractivity (Wildman–Crippen MR) is 100 cm³/mol. The third-order valence-electron chi connectivity index (χ3n) is 5.13. The van der Waals surface area contributed by atoms with Gasteiger partial charge < -0.3 is 19.9 Å². The zero-order chi connectivity index (χ0) is 18.6. The lowest BCUT2D eigenvalue weighted by molar-refractivity contribution is 0.159. The Morgan fingerprint density at radius 2 is 2.15 bits per heavy atom. The predicted octanol–water partition coefficient (Wildman–Crippen LogP) is 2.28. The van der Waals surface area contributed by atoms with Crippen molar-refractivity contribution in [1.29, 1.82) is 0 Å². The van der Waals surface area contributed by atoms with Crippen LogP contribution in [0.15, 0.2) is 28.8 Å². The van der Waals surface area contributed by atoms with Crippen LogP contribution in [0.5, 0.6) is 0 Å². The topological polar surface area (TPSA) is 92.5 Å². The lowest BCUT2D eigenvalue weighted by Crippen LogP contribution is -2.51. The van der Waals surface area contributed by atoms with Gasteiger partial charge >= 0.3 is 6.03 Å². The number of aromatic nitrogens is 2. The monoisotopic (exact) mass is 371 g/mol. The summed E-state index contributed by atoms with van der Waals surface area (Å²) >= 11 is 0. The summed E-state index contributed by atoms with van der Waals surface area (Å²) < 4.78 is 10.9. The number of benzene rings is 1. The number of urea groups is 1. The Hall–Kier alpha value is -2.45. The molecule has 8 heteroatoms. The summed E-state index contributed by atoms with van der Waals surface area (Å²) in [5.74, 6) is 1.12. The largest absolute Gasteiger partial charge is 0.378 e. The molecular weight excluding hydrogens is 346 g/mol. The number of nitrogens with zero attached hydrogens (tertiary/aromatic N) is 3. The molecule has 2 fully saturated rings. The van der Waals surface area contributed by atoms with Crippen molar-refractivity contribution in [2.45, 2.75) is 38.3 Å². The van der Waals surface area contributed by atoms with Crippen LogP contribution in [-0.4, -0.2) is 59.5 Å². The molecule has 0 bridgehead atoms. The van der Waals surface area contributed by atoms with Crippen molar-refractivity contribution in [3.8, 4) is 11.5 Å². The van der Waals surface area contributed by atoms with Crippen LogP contribution >= 0.6 is 0 Å². The molecule has 2 aliphatic heterocycles. The Labute approximate surface area is 158 Å². The van der Waals surface area contributed by atoms with Gasteiger partial charge in [0.1, 0.15) is 0 Å². The van der Waals surface area contributed by atoms with E-state index in [1.807, 2.05) is 31.2 Å². The molecule has 0 aliphatic carbocycles. The van der Waals surface area contributed by atoms with Crippen LogP contribution in [0.4, 0.5) is 10.5 Å². The van der Waals surface area contributed by atoms with Gasteiger partial charge in [0.2, 0.25) is 0 Å². The van der Waals surface area contributed by atoms with E-state index in [4.69, 9.17) is 9.26 Å². The highest BCUT2D eigenvalue weighted by Crippen LogP contribution is 2.22. The molecule has 3 heterocycles. The summed E-state index contributed by atoms with van der Waals surface area (Å²) in [6.45, 7) is 5.37. The Kier molecular flexibility index (Phi) is 5.35. The fraction of sp³-hybridized carbons (Fsp3) is 0.526. The van der Waals surface area contributed by atoms with Crippen molar-refractivity contribution in [3.05, 3.63) is 30.1 Å². The van der Waals surface area contributed by atoms with E-state index >= 15 is 0 Å². The van der Waals surface area contributed by atoms with Gasteiger partial charge in [-0.3, -0.25) is 4.90 Å². The Morgan fingerprint density at radius 3 is 2.93 bits per heavy atom. The van der Waals surface area contributed by atoms with Gasteiger partial charge in [0.05, 0.1) is 25.3 Å². The standard InChI is InChI=1S/C19H25N5O3/c1-2-17-22-18(27-23-17)13-6-5-7-14(10-13)20-19(25)21-15-11-26-12-16(15)24-8-3-4-9-24/h5-7,10,15-16H,2-4,8-9,11-12H2,1H3,(H2,20,21,25)/t15-,16-/m0/s1. The summed E-state index contributed by atoms with van der Waals surface area (Å²) in [5, 5.41) is 9.87. The zero-order valence-corrected chi connectivity index (χ0v) is 15.5. The first kappa shape index (κ1) is 17.9. The molecule has 8 nitrogen and oxygen atoms in total. The lowest BCUT2D eigenvalue weighted by atomic mass is 10.1. The zero-order valence-electron chi connectivity index (χ0n) is 15.5. The van der Waals surface area contributed by atoms with E-state index in [0.717, 1.165) is 18.7 Å². The van der Waals surface area contributed by atoms with Gasteiger partial charge in [0, 0.05) is 17.7 Å². The van der Waals surface area contributed by atoms with Crippen molar-refractivity contribution in [3.63, 3.8) is 0 Å². The SMILES string of the molecule is CCc1noc(-c2cccc(NC(=O)N[C@H]3COC[C@@H]3N3CCCC3)c2)n1. The van der Waals surface area contributed by atoms with Crippen LogP contribution in [0.2, 0.25) is 0 Å². The number of ether oxygens (including phenoxy) is 1. The Morgan fingerprint density at radius 1 is 1.30 bits per heavy atom. The van der Waals surface area contributed by atoms with Crippen molar-refractivity contribution >= 4 is 11.7 Å². The van der Waals surface area contributed by atoms with Crippen molar-refractivity contribution in [2.75, 3.05) is 31.6 Å². The van der Waals surface area contributed by atoms with Crippen LogP contribution in [-0.2, 0) is 11.2 Å². The van der Waals surface area contributed by atoms with Crippen molar-refractivity contribution in [1.82, 2.24) is 20.4 Å². The first-order valence-corrected chi connectivity index (χ1v) is 9.55. The van der Waals surface area contributed by atoms with E-state index in [0.29, 0.717) is 37.0 Å². The third-order valence-corrected chi connectivity index (χ3v) is 5.13. The van der Waals surface area contributed by atoms with Crippen molar-refractivity contribution < 1.29 is 14.1 Å². The molecule has 2 amide bonds. The third kappa shape index (κ3) is 4.12. The number of carbonyl (C=O) groups excluding carboxylic acids is 1. The highest BCUT2D eigenvalue weighted by atomic mass is 16.5. The lowest BCUT2D eigenvalue weighted by Gasteiger charge is -2.27.